The van der Waals surface area contributed by atoms with Gasteiger partial charge in [-0.25, -0.2) is 0 Å². The van der Waals surface area contributed by atoms with Crippen LogP contribution in [0.3, 0.4) is 0 Å². The summed E-state index contributed by atoms with van der Waals surface area (Å²) in [6.07, 6.45) is 0. The largest absolute Gasteiger partial charge is 0.0900 e. The molecule has 0 heterocycles. The lowest BCUT2D eigenvalue weighted by atomic mass is 9.88. The van der Waals surface area contributed by atoms with E-state index < -0.39 is 8.07 Å². The molecule has 1 atom stereocenters. The van der Waals surface area contributed by atoms with Crippen LogP contribution in [0, 0.1) is 19.8 Å². The molecule has 1 unspecified atom stereocenters. The van der Waals surface area contributed by atoms with Crippen LogP contribution in [0.2, 0.25) is 19.6 Å². The molecule has 2 aromatic carbocycles. The Hall–Kier alpha value is -1.65. The third-order valence-electron chi connectivity index (χ3n) is 6.71. The molecule has 0 nitrogen and oxygen atoms in total. The molecular formula is C27H36Si2. The number of hydrogen-bond donors (Lipinski definition) is 0. The molecule has 0 N–H and O–H groups in total. The van der Waals surface area contributed by atoms with Crippen molar-refractivity contribution in [1.29, 1.82) is 0 Å². The zero-order valence-electron chi connectivity index (χ0n) is 19.7. The van der Waals surface area contributed by atoms with Crippen LogP contribution in [0.1, 0.15) is 49.9 Å². The van der Waals surface area contributed by atoms with Gasteiger partial charge in [0.25, 0.3) is 0 Å². The molecule has 0 fully saturated rings. The molecule has 0 saturated heterocycles. The first-order valence-corrected chi connectivity index (χ1v) is 15.4. The minimum atomic E-state index is -1.33. The van der Waals surface area contributed by atoms with Gasteiger partial charge in [0.05, 0.1) is 17.6 Å². The Bertz CT molecular complexity index is 945. The third kappa shape index (κ3) is 4.59. The maximum absolute atomic E-state index is 2.52. The van der Waals surface area contributed by atoms with Crippen LogP contribution < -0.4 is 10.4 Å². The van der Waals surface area contributed by atoms with E-state index in [9.17, 15) is 0 Å². The molecule has 152 valence electrons. The fourth-order valence-corrected chi connectivity index (χ4v) is 7.82. The van der Waals surface area contributed by atoms with Gasteiger partial charge in [0, 0.05) is 5.92 Å². The predicted octanol–water partition coefficient (Wildman–Crippen LogP) is 6.22. The van der Waals surface area contributed by atoms with Crippen molar-refractivity contribution in [2.24, 2.45) is 5.92 Å². The topological polar surface area (TPSA) is 0 Å². The van der Waals surface area contributed by atoms with Gasteiger partial charge in [-0.1, -0.05) is 94.8 Å². The lowest BCUT2D eigenvalue weighted by Crippen LogP contribution is -2.41. The van der Waals surface area contributed by atoms with Gasteiger partial charge in [-0.3, -0.25) is 0 Å². The monoisotopic (exact) mass is 416 g/mol. The molecule has 3 rings (SSSR count). The van der Waals surface area contributed by atoms with Gasteiger partial charge < -0.3 is 0 Å². The minimum absolute atomic E-state index is 0.513. The van der Waals surface area contributed by atoms with Crippen molar-refractivity contribution in [2.75, 3.05) is 0 Å². The molecule has 2 heteroatoms. The number of allylic oxidation sites excluding steroid dienone is 4. The van der Waals surface area contributed by atoms with Gasteiger partial charge in [-0.15, -0.1) is 0 Å². The van der Waals surface area contributed by atoms with Crippen molar-refractivity contribution >= 4 is 28.0 Å². The molecule has 2 aromatic rings. The van der Waals surface area contributed by atoms with Crippen molar-refractivity contribution < 1.29 is 0 Å². The fraction of sp³-hybridized carbons (Fsp3) is 0.407. The van der Waals surface area contributed by atoms with Crippen LogP contribution in [0.5, 0.6) is 0 Å². The van der Waals surface area contributed by atoms with E-state index in [1.54, 1.807) is 16.3 Å². The molecule has 0 aromatic heterocycles. The second-order valence-electron chi connectivity index (χ2n) is 9.96. The molecule has 0 saturated carbocycles. The summed E-state index contributed by atoms with van der Waals surface area (Å²) in [5.74, 6) is 0.520. The summed E-state index contributed by atoms with van der Waals surface area (Å²) >= 11 is 0. The first-order chi connectivity index (χ1) is 13.5. The summed E-state index contributed by atoms with van der Waals surface area (Å²) < 4.78 is 0. The van der Waals surface area contributed by atoms with Crippen LogP contribution in [0.25, 0.3) is 0 Å². The SMILES string of the molecule is CC1=C(C)C(C([Si]c2cc(C)cc([Si](C)(C)C)c2)c2ccc(C)cc2)C(C)=C1C. The lowest BCUT2D eigenvalue weighted by Gasteiger charge is -2.28. The van der Waals surface area contributed by atoms with E-state index >= 15 is 0 Å². The molecule has 0 spiro atoms. The van der Waals surface area contributed by atoms with E-state index in [4.69, 9.17) is 0 Å². The average molecular weight is 417 g/mol. The maximum atomic E-state index is 2.52. The van der Waals surface area contributed by atoms with Crippen LogP contribution in [-0.2, 0) is 0 Å². The highest BCUT2D eigenvalue weighted by molar-refractivity contribution is 6.89. The summed E-state index contributed by atoms with van der Waals surface area (Å²) in [6, 6.07) is 16.7. The summed E-state index contributed by atoms with van der Waals surface area (Å²) in [6.45, 7) is 21.1. The quantitative estimate of drug-likeness (QED) is 0.507. The Morgan fingerprint density at radius 1 is 0.724 bits per heavy atom. The highest BCUT2D eigenvalue weighted by Gasteiger charge is 2.33. The number of hydrogen-bond acceptors (Lipinski definition) is 0. The molecular weight excluding hydrogens is 380 g/mol. The van der Waals surface area contributed by atoms with Gasteiger partial charge in [0.15, 0.2) is 0 Å². The fourth-order valence-electron chi connectivity index (χ4n) is 4.49. The third-order valence-corrected chi connectivity index (χ3v) is 10.3. The molecule has 0 amide bonds. The summed E-state index contributed by atoms with van der Waals surface area (Å²) in [4.78, 5) is 0. The maximum Gasteiger partial charge on any atom is 0.0900 e. The standard InChI is InChI=1S/C27H36Si2/c1-17-10-12-23(13-11-17)27(26-21(5)19(3)20(4)22(26)6)28-24-14-18(2)15-25(16-24)29(7,8)9/h10-16,26-27H,1-9H3. The first-order valence-electron chi connectivity index (χ1n) is 10.8. The van der Waals surface area contributed by atoms with Crippen LogP contribution in [0.15, 0.2) is 64.8 Å². The Labute approximate surface area is 182 Å². The van der Waals surface area contributed by atoms with Crippen molar-refractivity contribution in [3.8, 4) is 0 Å². The first kappa shape index (κ1) is 22.0. The molecule has 1 aliphatic rings. The highest BCUT2D eigenvalue weighted by atomic mass is 28.3. The summed E-state index contributed by atoms with van der Waals surface area (Å²) in [5.41, 5.74) is 10.9. The Morgan fingerprint density at radius 2 is 1.28 bits per heavy atom. The van der Waals surface area contributed by atoms with Gasteiger partial charge in [0.2, 0.25) is 0 Å². The number of benzene rings is 2. The van der Waals surface area contributed by atoms with Crippen LogP contribution in [-0.4, -0.2) is 17.6 Å². The van der Waals surface area contributed by atoms with E-state index in [1.807, 2.05) is 0 Å². The van der Waals surface area contributed by atoms with E-state index in [0.29, 0.717) is 11.5 Å². The molecule has 0 bridgehead atoms. The molecule has 29 heavy (non-hydrogen) atoms. The second kappa shape index (κ2) is 8.24. The average Bonchev–Trinajstić information content (AvgIpc) is 2.83. The number of aryl methyl sites for hydroxylation is 2. The van der Waals surface area contributed by atoms with Crippen LogP contribution in [0.4, 0.5) is 0 Å². The smallest absolute Gasteiger partial charge is 0.0656 e. The van der Waals surface area contributed by atoms with Gasteiger partial charge >= 0.3 is 0 Å². The Balaban J connectivity index is 2.09. The second-order valence-corrected chi connectivity index (χ2v) is 16.5. The van der Waals surface area contributed by atoms with Gasteiger partial charge in [0.1, 0.15) is 0 Å². The van der Waals surface area contributed by atoms with E-state index in [0.717, 1.165) is 9.52 Å². The summed E-state index contributed by atoms with van der Waals surface area (Å²) in [5, 5.41) is 3.11. The lowest BCUT2D eigenvalue weighted by molar-refractivity contribution is 0.687. The Kier molecular flexibility index (Phi) is 6.26. The number of rotatable bonds is 5. The van der Waals surface area contributed by atoms with Crippen molar-refractivity contribution in [2.45, 2.75) is 66.7 Å². The van der Waals surface area contributed by atoms with Crippen molar-refractivity contribution in [1.82, 2.24) is 0 Å². The van der Waals surface area contributed by atoms with E-state index in [1.165, 1.54) is 33.0 Å². The van der Waals surface area contributed by atoms with Crippen LogP contribution >= 0.6 is 0 Å². The van der Waals surface area contributed by atoms with E-state index in [2.05, 4.69) is 104 Å². The van der Waals surface area contributed by atoms with Gasteiger partial charge in [-0.05, 0) is 63.8 Å². The van der Waals surface area contributed by atoms with Crippen molar-refractivity contribution in [3.63, 3.8) is 0 Å². The van der Waals surface area contributed by atoms with Crippen molar-refractivity contribution in [3.05, 3.63) is 81.4 Å². The zero-order chi connectivity index (χ0) is 21.5. The molecule has 2 radical (unpaired) electrons. The van der Waals surface area contributed by atoms with Gasteiger partial charge in [-0.2, -0.15) is 0 Å². The molecule has 1 aliphatic carbocycles. The minimum Gasteiger partial charge on any atom is -0.0656 e. The predicted molar refractivity (Wildman–Crippen MR) is 134 cm³/mol. The summed E-state index contributed by atoms with van der Waals surface area (Å²) in [7, 11) is -0.548. The zero-order valence-corrected chi connectivity index (χ0v) is 21.7. The van der Waals surface area contributed by atoms with E-state index in [-0.39, 0.29) is 0 Å². The molecule has 0 aliphatic heterocycles. The normalized spacial score (nSPS) is 16.7. The Morgan fingerprint density at radius 3 is 1.79 bits per heavy atom. The highest BCUT2D eigenvalue weighted by Crippen LogP contribution is 2.44.